The van der Waals surface area contributed by atoms with Crippen molar-refractivity contribution in [2.45, 2.75) is 25.7 Å². The van der Waals surface area contributed by atoms with Gasteiger partial charge in [0.1, 0.15) is 5.75 Å². The van der Waals surface area contributed by atoms with Crippen molar-refractivity contribution in [1.29, 1.82) is 0 Å². The summed E-state index contributed by atoms with van der Waals surface area (Å²) in [5, 5.41) is 9.18. The molecule has 0 amide bonds. The van der Waals surface area contributed by atoms with Crippen LogP contribution in [0.25, 0.3) is 0 Å². The summed E-state index contributed by atoms with van der Waals surface area (Å²) in [6, 6.07) is 5.45. The van der Waals surface area contributed by atoms with E-state index in [1.54, 1.807) is 13.2 Å². The van der Waals surface area contributed by atoms with E-state index >= 15 is 0 Å². The molecule has 0 saturated carbocycles. The molecule has 0 aliphatic heterocycles. The van der Waals surface area contributed by atoms with Crippen molar-refractivity contribution < 1.29 is 14.6 Å². The molecule has 1 aromatic carbocycles. The van der Waals surface area contributed by atoms with Gasteiger partial charge in [0.15, 0.2) is 0 Å². The molecule has 3 N–H and O–H groups in total. The highest BCUT2D eigenvalue weighted by atomic mass is 16.5. The van der Waals surface area contributed by atoms with E-state index in [9.17, 15) is 9.90 Å². The fraction of sp³-hybridized carbons (Fsp3) is 0.462. The fourth-order valence-electron chi connectivity index (χ4n) is 2.02. The number of carboxylic acid groups (broad SMARTS) is 1. The minimum atomic E-state index is -0.900. The summed E-state index contributed by atoms with van der Waals surface area (Å²) in [7, 11) is 1.59. The van der Waals surface area contributed by atoms with Crippen LogP contribution >= 0.6 is 0 Å². The van der Waals surface area contributed by atoms with Gasteiger partial charge in [-0.15, -0.1) is 0 Å². The molecule has 1 unspecified atom stereocenters. The molecule has 94 valence electrons. The quantitative estimate of drug-likeness (QED) is 0.821. The smallest absolute Gasteiger partial charge is 0.312 e. The Morgan fingerprint density at radius 1 is 1.47 bits per heavy atom. The molecule has 0 fully saturated rings. The molecule has 1 atom stereocenters. The lowest BCUT2D eigenvalue weighted by Crippen LogP contribution is -2.22. The number of carboxylic acids is 1. The molecular formula is C13H19NO3. The van der Waals surface area contributed by atoms with Crippen LogP contribution in [-0.4, -0.2) is 24.7 Å². The van der Waals surface area contributed by atoms with Gasteiger partial charge in [0.05, 0.1) is 13.0 Å². The van der Waals surface area contributed by atoms with Crippen molar-refractivity contribution in [2.75, 3.05) is 13.7 Å². The summed E-state index contributed by atoms with van der Waals surface area (Å²) in [5.74, 6) is -0.670. The number of carbonyl (C=O) groups is 1. The first-order valence-electron chi connectivity index (χ1n) is 5.62. The molecule has 0 heterocycles. The normalized spacial score (nSPS) is 12.5. The van der Waals surface area contributed by atoms with Gasteiger partial charge in [0.25, 0.3) is 0 Å². The topological polar surface area (TPSA) is 72.5 Å². The van der Waals surface area contributed by atoms with Gasteiger partial charge in [-0.2, -0.15) is 0 Å². The first-order chi connectivity index (χ1) is 8.02. The Morgan fingerprint density at radius 2 is 2.12 bits per heavy atom. The van der Waals surface area contributed by atoms with Gasteiger partial charge >= 0.3 is 5.97 Å². The Labute approximate surface area is 101 Å². The fourth-order valence-corrected chi connectivity index (χ4v) is 2.02. The molecule has 0 bridgehead atoms. The predicted molar refractivity (Wildman–Crippen MR) is 66.5 cm³/mol. The van der Waals surface area contributed by atoms with E-state index < -0.39 is 11.9 Å². The summed E-state index contributed by atoms with van der Waals surface area (Å²) in [5.41, 5.74) is 7.21. The van der Waals surface area contributed by atoms with Gasteiger partial charge in [0, 0.05) is 12.1 Å². The Hall–Kier alpha value is -1.55. The minimum Gasteiger partial charge on any atom is -0.496 e. The zero-order chi connectivity index (χ0) is 13.0. The maximum Gasteiger partial charge on any atom is 0.312 e. The second-order valence-electron chi connectivity index (χ2n) is 4.24. The van der Waals surface area contributed by atoms with Gasteiger partial charge in [-0.3, -0.25) is 4.79 Å². The van der Waals surface area contributed by atoms with Crippen LogP contribution in [0.15, 0.2) is 18.2 Å². The van der Waals surface area contributed by atoms with Crippen LogP contribution in [-0.2, 0) is 4.79 Å². The van der Waals surface area contributed by atoms with Gasteiger partial charge in [-0.25, -0.2) is 0 Å². The highest BCUT2D eigenvalue weighted by Gasteiger charge is 2.24. The van der Waals surface area contributed by atoms with E-state index in [0.717, 1.165) is 16.9 Å². The lowest BCUT2D eigenvalue weighted by molar-refractivity contribution is -0.138. The molecule has 1 aromatic rings. The largest absolute Gasteiger partial charge is 0.496 e. The Kier molecular flexibility index (Phi) is 4.52. The summed E-state index contributed by atoms with van der Waals surface area (Å²) in [6.07, 6.45) is 0. The van der Waals surface area contributed by atoms with Crippen LogP contribution < -0.4 is 10.5 Å². The van der Waals surface area contributed by atoms with Crippen LogP contribution in [0.4, 0.5) is 0 Å². The monoisotopic (exact) mass is 237 g/mol. The summed E-state index contributed by atoms with van der Waals surface area (Å²) < 4.78 is 5.29. The SMILES string of the molecule is COc1cccc(C(CN)C(=O)O)c1C(C)C. The van der Waals surface area contributed by atoms with E-state index in [1.807, 2.05) is 26.0 Å². The number of aliphatic carboxylic acids is 1. The van der Waals surface area contributed by atoms with Gasteiger partial charge in [-0.1, -0.05) is 26.0 Å². The molecule has 1 rings (SSSR count). The molecule has 0 spiro atoms. The van der Waals surface area contributed by atoms with E-state index in [0.29, 0.717) is 0 Å². The molecule has 0 aliphatic rings. The average molecular weight is 237 g/mol. The number of rotatable bonds is 5. The minimum absolute atomic E-state index is 0.0855. The molecule has 0 aromatic heterocycles. The molecule has 0 aliphatic carbocycles. The summed E-state index contributed by atoms with van der Waals surface area (Å²) in [4.78, 5) is 11.2. The first kappa shape index (κ1) is 13.5. The highest BCUT2D eigenvalue weighted by molar-refractivity contribution is 5.77. The zero-order valence-electron chi connectivity index (χ0n) is 10.4. The van der Waals surface area contributed by atoms with Crippen LogP contribution in [0.2, 0.25) is 0 Å². The molecule has 0 radical (unpaired) electrons. The van der Waals surface area contributed by atoms with Crippen molar-refractivity contribution in [3.63, 3.8) is 0 Å². The van der Waals surface area contributed by atoms with Gasteiger partial charge in [0.2, 0.25) is 0 Å². The zero-order valence-corrected chi connectivity index (χ0v) is 10.4. The van der Waals surface area contributed by atoms with Crippen LogP contribution in [0.3, 0.4) is 0 Å². The number of methoxy groups -OCH3 is 1. The van der Waals surface area contributed by atoms with Crippen molar-refractivity contribution in [2.24, 2.45) is 5.73 Å². The number of nitrogens with two attached hydrogens (primary N) is 1. The maximum absolute atomic E-state index is 11.2. The maximum atomic E-state index is 11.2. The predicted octanol–water partition coefficient (Wildman–Crippen LogP) is 1.95. The second-order valence-corrected chi connectivity index (χ2v) is 4.24. The van der Waals surface area contributed by atoms with Gasteiger partial charge < -0.3 is 15.6 Å². The average Bonchev–Trinajstić information content (AvgIpc) is 2.28. The third-order valence-corrected chi connectivity index (χ3v) is 2.81. The first-order valence-corrected chi connectivity index (χ1v) is 5.62. The third-order valence-electron chi connectivity index (χ3n) is 2.81. The Bertz CT molecular complexity index is 402. The van der Waals surface area contributed by atoms with Crippen LogP contribution in [0.5, 0.6) is 5.75 Å². The number of benzene rings is 1. The van der Waals surface area contributed by atoms with E-state index in [-0.39, 0.29) is 12.5 Å². The number of hydrogen-bond donors (Lipinski definition) is 2. The number of hydrogen-bond acceptors (Lipinski definition) is 3. The molecular weight excluding hydrogens is 218 g/mol. The van der Waals surface area contributed by atoms with Gasteiger partial charge in [-0.05, 0) is 17.5 Å². The van der Waals surface area contributed by atoms with Crippen molar-refractivity contribution in [3.05, 3.63) is 29.3 Å². The molecule has 17 heavy (non-hydrogen) atoms. The van der Waals surface area contributed by atoms with Crippen molar-refractivity contribution in [3.8, 4) is 5.75 Å². The molecule has 4 nitrogen and oxygen atoms in total. The Balaban J connectivity index is 3.36. The van der Waals surface area contributed by atoms with E-state index in [1.165, 1.54) is 0 Å². The summed E-state index contributed by atoms with van der Waals surface area (Å²) in [6.45, 7) is 4.11. The third kappa shape index (κ3) is 2.77. The lowest BCUT2D eigenvalue weighted by atomic mass is 9.88. The van der Waals surface area contributed by atoms with Crippen LogP contribution in [0.1, 0.15) is 36.8 Å². The molecule has 4 heteroatoms. The van der Waals surface area contributed by atoms with Crippen molar-refractivity contribution in [1.82, 2.24) is 0 Å². The second kappa shape index (κ2) is 5.68. The summed E-state index contributed by atoms with van der Waals surface area (Å²) >= 11 is 0. The van der Waals surface area contributed by atoms with E-state index in [2.05, 4.69) is 0 Å². The highest BCUT2D eigenvalue weighted by Crippen LogP contribution is 2.33. The lowest BCUT2D eigenvalue weighted by Gasteiger charge is -2.20. The Morgan fingerprint density at radius 3 is 2.53 bits per heavy atom. The van der Waals surface area contributed by atoms with Crippen LogP contribution in [0, 0.1) is 0 Å². The molecule has 0 saturated heterocycles. The number of ether oxygens (including phenoxy) is 1. The van der Waals surface area contributed by atoms with Crippen molar-refractivity contribution >= 4 is 5.97 Å². The standard InChI is InChI=1S/C13H19NO3/c1-8(2)12-9(10(7-14)13(15)16)5-4-6-11(12)17-3/h4-6,8,10H,7,14H2,1-3H3,(H,15,16). The van der Waals surface area contributed by atoms with E-state index in [4.69, 9.17) is 10.5 Å².